The molecule has 0 radical (unpaired) electrons. The van der Waals surface area contributed by atoms with Gasteiger partial charge in [-0.2, -0.15) is 18.3 Å². The summed E-state index contributed by atoms with van der Waals surface area (Å²) in [6.07, 6.45) is -1.58. The van der Waals surface area contributed by atoms with Crippen LogP contribution in [0.25, 0.3) is 16.9 Å². The van der Waals surface area contributed by atoms with Crippen molar-refractivity contribution in [3.63, 3.8) is 0 Å². The summed E-state index contributed by atoms with van der Waals surface area (Å²) in [7, 11) is 1.60. The maximum atomic E-state index is 12.9. The van der Waals surface area contributed by atoms with E-state index >= 15 is 0 Å². The number of nitrogens with one attached hydrogen (secondary N) is 2. The molecule has 204 valence electrons. The van der Waals surface area contributed by atoms with Gasteiger partial charge in [-0.3, -0.25) is 4.79 Å². The van der Waals surface area contributed by atoms with Crippen LogP contribution in [-0.4, -0.2) is 46.4 Å². The van der Waals surface area contributed by atoms with Crippen LogP contribution in [0.5, 0.6) is 5.75 Å². The molecule has 7 nitrogen and oxygen atoms in total. The van der Waals surface area contributed by atoms with Crippen LogP contribution in [0, 0.1) is 6.92 Å². The summed E-state index contributed by atoms with van der Waals surface area (Å²) < 4.78 is 45.5. The number of nitrogens with zero attached hydrogens (tertiary/aromatic N) is 3. The summed E-state index contributed by atoms with van der Waals surface area (Å²) in [4.78, 5) is 17.1. The number of ether oxygens (including phenoxy) is 1. The minimum absolute atomic E-state index is 0.0930. The quantitative estimate of drug-likeness (QED) is 0.269. The van der Waals surface area contributed by atoms with E-state index in [1.807, 2.05) is 50.2 Å². The number of methoxy groups -OCH3 is 1. The van der Waals surface area contributed by atoms with Crippen molar-refractivity contribution in [1.29, 1.82) is 0 Å². The van der Waals surface area contributed by atoms with Gasteiger partial charge in [0.2, 0.25) is 0 Å². The largest absolute Gasteiger partial charge is 0.497 e. The van der Waals surface area contributed by atoms with Gasteiger partial charge in [0.05, 0.1) is 36.8 Å². The van der Waals surface area contributed by atoms with Crippen LogP contribution in [0.3, 0.4) is 0 Å². The number of anilines is 1. The molecule has 2 N–H and O–H groups in total. The highest BCUT2D eigenvalue weighted by Crippen LogP contribution is 2.31. The predicted molar refractivity (Wildman–Crippen MR) is 143 cm³/mol. The topological polar surface area (TPSA) is 80.5 Å². The van der Waals surface area contributed by atoms with E-state index in [1.165, 1.54) is 0 Å². The third kappa shape index (κ3) is 6.00. The summed E-state index contributed by atoms with van der Waals surface area (Å²) >= 11 is 0. The van der Waals surface area contributed by atoms with Gasteiger partial charge < -0.3 is 15.4 Å². The molecule has 1 saturated carbocycles. The fourth-order valence-electron chi connectivity index (χ4n) is 4.50. The van der Waals surface area contributed by atoms with E-state index < -0.39 is 12.6 Å². The number of carbonyl (C=O) groups is 1. The normalized spacial score (nSPS) is 14.3. The molecule has 5 rings (SSSR count). The van der Waals surface area contributed by atoms with Crippen molar-refractivity contribution in [1.82, 2.24) is 19.9 Å². The molecule has 1 atom stereocenters. The Morgan fingerprint density at radius 1 is 1.15 bits per heavy atom. The average molecular weight is 538 g/mol. The first-order valence-electron chi connectivity index (χ1n) is 12.9. The van der Waals surface area contributed by atoms with Crippen LogP contribution in [0.2, 0.25) is 0 Å². The Kier molecular flexibility index (Phi) is 7.20. The first-order chi connectivity index (χ1) is 18.6. The molecule has 2 aromatic carbocycles. The molecular weight excluding hydrogens is 507 g/mol. The molecule has 1 aliphatic rings. The zero-order valence-corrected chi connectivity index (χ0v) is 22.0. The molecular formula is C29H30F3N5O2. The maximum absolute atomic E-state index is 12.9. The summed E-state index contributed by atoms with van der Waals surface area (Å²) in [6, 6.07) is 15.2. The predicted octanol–water partition coefficient (Wildman–Crippen LogP) is 6.12. The molecule has 10 heteroatoms. The second-order valence-electron chi connectivity index (χ2n) is 9.93. The van der Waals surface area contributed by atoms with Gasteiger partial charge >= 0.3 is 6.18 Å². The number of imidazole rings is 1. The molecule has 4 aromatic rings. The maximum Gasteiger partial charge on any atom is 0.390 e. The molecule has 2 heterocycles. The van der Waals surface area contributed by atoms with Gasteiger partial charge in [-0.1, -0.05) is 25.1 Å². The highest BCUT2D eigenvalue weighted by Gasteiger charge is 2.27. The Labute approximate surface area is 224 Å². The van der Waals surface area contributed by atoms with E-state index in [1.54, 1.807) is 30.0 Å². The number of amides is 1. The number of hydrogen-bond acceptors (Lipinski definition) is 5. The van der Waals surface area contributed by atoms with Gasteiger partial charge in [0.25, 0.3) is 5.91 Å². The monoisotopic (exact) mass is 537 g/mol. The zero-order valence-electron chi connectivity index (χ0n) is 22.0. The number of benzene rings is 2. The van der Waals surface area contributed by atoms with E-state index in [-0.39, 0.29) is 24.4 Å². The lowest BCUT2D eigenvalue weighted by Gasteiger charge is -2.16. The highest BCUT2D eigenvalue weighted by atomic mass is 19.4. The van der Waals surface area contributed by atoms with Crippen molar-refractivity contribution in [2.24, 2.45) is 0 Å². The number of aromatic nitrogens is 3. The zero-order chi connectivity index (χ0) is 27.7. The molecule has 1 amide bonds. The average Bonchev–Trinajstić information content (AvgIpc) is 3.61. The number of hydrogen-bond donors (Lipinski definition) is 2. The first-order valence-corrected chi connectivity index (χ1v) is 12.9. The second-order valence-corrected chi connectivity index (χ2v) is 9.93. The standard InChI is InChI=1S/C29H30F3N5O2/c1-17-14-20(6-11-23(17)28(38)35-21-7-8-21)26-16-34-27-25(33-13-12-29(30,31)32)15-24(36-37(26)27)18(2)19-4-9-22(39-3)10-5-19/h4-6,9-11,14-16,18,21,33H,7-8,12-13H2,1-3H3,(H,35,38). The number of halogens is 3. The lowest BCUT2D eigenvalue weighted by atomic mass is 9.97. The third-order valence-electron chi connectivity index (χ3n) is 6.95. The lowest BCUT2D eigenvalue weighted by molar-refractivity contribution is -0.131. The van der Waals surface area contributed by atoms with Crippen LogP contribution in [0.15, 0.2) is 54.7 Å². The van der Waals surface area contributed by atoms with E-state index in [2.05, 4.69) is 15.6 Å². The summed E-state index contributed by atoms with van der Waals surface area (Å²) in [5.41, 5.74) is 5.42. The van der Waals surface area contributed by atoms with Crippen molar-refractivity contribution in [2.45, 2.75) is 51.2 Å². The van der Waals surface area contributed by atoms with Crippen LogP contribution in [0.1, 0.15) is 59.3 Å². The van der Waals surface area contributed by atoms with Gasteiger partial charge in [-0.15, -0.1) is 0 Å². The fourth-order valence-corrected chi connectivity index (χ4v) is 4.50. The highest BCUT2D eigenvalue weighted by molar-refractivity contribution is 5.96. The Morgan fingerprint density at radius 3 is 2.54 bits per heavy atom. The lowest BCUT2D eigenvalue weighted by Crippen LogP contribution is -2.26. The van der Waals surface area contributed by atoms with Crippen LogP contribution >= 0.6 is 0 Å². The van der Waals surface area contributed by atoms with Crippen molar-refractivity contribution in [3.8, 4) is 17.0 Å². The first kappa shape index (κ1) is 26.5. The summed E-state index contributed by atoms with van der Waals surface area (Å²) in [5.74, 6) is 0.476. The summed E-state index contributed by atoms with van der Waals surface area (Å²) in [6.45, 7) is 3.58. The summed E-state index contributed by atoms with van der Waals surface area (Å²) in [5, 5.41) is 10.8. The number of alkyl halides is 3. The Morgan fingerprint density at radius 2 is 1.90 bits per heavy atom. The molecule has 1 unspecified atom stereocenters. The molecule has 0 spiro atoms. The molecule has 1 aliphatic carbocycles. The SMILES string of the molecule is COc1ccc(C(C)c2cc(NCCC(F)(F)F)c3ncc(-c4ccc(C(=O)NC5CC5)c(C)c4)n3n2)cc1. The van der Waals surface area contributed by atoms with E-state index in [4.69, 9.17) is 9.84 Å². The molecule has 0 bridgehead atoms. The van der Waals surface area contributed by atoms with Crippen molar-refractivity contribution >= 4 is 17.2 Å². The molecule has 1 fully saturated rings. The van der Waals surface area contributed by atoms with Gasteiger partial charge in [-0.05, 0) is 61.2 Å². The van der Waals surface area contributed by atoms with Crippen LogP contribution in [0.4, 0.5) is 18.9 Å². The third-order valence-corrected chi connectivity index (χ3v) is 6.95. The minimum Gasteiger partial charge on any atom is -0.497 e. The van der Waals surface area contributed by atoms with E-state index in [0.717, 1.165) is 35.3 Å². The Bertz CT molecular complexity index is 1490. The van der Waals surface area contributed by atoms with Crippen molar-refractivity contribution < 1.29 is 22.7 Å². The number of fused-ring (bicyclic) bond motifs is 1. The van der Waals surface area contributed by atoms with Gasteiger partial charge in [0, 0.05) is 29.6 Å². The fraction of sp³-hybridized carbons (Fsp3) is 0.345. The van der Waals surface area contributed by atoms with Crippen molar-refractivity contribution in [3.05, 3.63) is 77.1 Å². The number of carbonyl (C=O) groups excluding carboxylic acids is 1. The molecule has 2 aromatic heterocycles. The number of aryl methyl sites for hydroxylation is 1. The smallest absolute Gasteiger partial charge is 0.390 e. The molecule has 0 aliphatic heterocycles. The van der Waals surface area contributed by atoms with Crippen LogP contribution in [-0.2, 0) is 0 Å². The molecule has 0 saturated heterocycles. The Balaban J connectivity index is 1.53. The van der Waals surface area contributed by atoms with Gasteiger partial charge in [0.15, 0.2) is 5.65 Å². The van der Waals surface area contributed by atoms with E-state index in [0.29, 0.717) is 28.3 Å². The second kappa shape index (κ2) is 10.6. The van der Waals surface area contributed by atoms with Gasteiger partial charge in [0.1, 0.15) is 5.75 Å². The minimum atomic E-state index is -4.28. The molecule has 39 heavy (non-hydrogen) atoms. The van der Waals surface area contributed by atoms with Crippen LogP contribution < -0.4 is 15.4 Å². The van der Waals surface area contributed by atoms with Gasteiger partial charge in [-0.25, -0.2) is 9.50 Å². The number of rotatable bonds is 9. The van der Waals surface area contributed by atoms with E-state index in [9.17, 15) is 18.0 Å². The van der Waals surface area contributed by atoms with Crippen molar-refractivity contribution in [2.75, 3.05) is 19.0 Å². The Hall–Kier alpha value is -4.08.